The van der Waals surface area contributed by atoms with E-state index < -0.39 is 11.7 Å². The van der Waals surface area contributed by atoms with Crippen LogP contribution in [0.15, 0.2) is 78.9 Å². The third kappa shape index (κ3) is 2.66. The molecule has 0 amide bonds. The Morgan fingerprint density at radius 3 is 1.86 bits per heavy atom. The minimum Gasteiger partial charge on any atom is -0.166 e. The van der Waals surface area contributed by atoms with Crippen molar-refractivity contribution >= 4 is 32.3 Å². The van der Waals surface area contributed by atoms with Crippen molar-refractivity contribution in [3.05, 3.63) is 95.6 Å². The molecule has 134 valence electrons. The number of alkyl halides is 3. The monoisotopic (exact) mass is 370 g/mol. The van der Waals surface area contributed by atoms with Gasteiger partial charge in [-0.15, -0.1) is 0 Å². The first kappa shape index (κ1) is 16.6. The van der Waals surface area contributed by atoms with Crippen LogP contribution in [0.4, 0.5) is 13.2 Å². The minimum absolute atomic E-state index is 0.554. The molecular weight excluding hydrogens is 357 g/mol. The predicted molar refractivity (Wildman–Crippen MR) is 108 cm³/mol. The Morgan fingerprint density at radius 2 is 1.18 bits per heavy atom. The molecule has 0 aliphatic rings. The number of hydrogen-bond donors (Lipinski definition) is 0. The molecule has 0 spiro atoms. The largest absolute Gasteiger partial charge is 0.416 e. The molecule has 0 saturated heterocycles. The summed E-state index contributed by atoms with van der Waals surface area (Å²) in [5.41, 5.74) is 0.755. The second kappa shape index (κ2) is 6.00. The summed E-state index contributed by atoms with van der Waals surface area (Å²) in [6, 6.07) is 23.6. The number of rotatable bonds is 0. The van der Waals surface area contributed by atoms with Crippen LogP contribution in [0, 0.1) is 11.8 Å². The lowest BCUT2D eigenvalue weighted by atomic mass is 9.92. The maximum absolute atomic E-state index is 12.7. The SMILES string of the molecule is FC(F)(F)c1ccc(C#Cc2ccc3ccc4cccc5ccc2c3c45)cc1. The molecule has 0 aliphatic carbocycles. The van der Waals surface area contributed by atoms with Gasteiger partial charge in [-0.1, -0.05) is 60.4 Å². The van der Waals surface area contributed by atoms with E-state index >= 15 is 0 Å². The fraction of sp³-hybridized carbons (Fsp3) is 0.0400. The Balaban J connectivity index is 1.65. The molecule has 5 aromatic carbocycles. The average molecular weight is 370 g/mol. The molecule has 0 aliphatic heterocycles. The highest BCUT2D eigenvalue weighted by molar-refractivity contribution is 6.23. The molecule has 0 heterocycles. The van der Waals surface area contributed by atoms with Crippen LogP contribution in [-0.2, 0) is 6.18 Å². The number of hydrogen-bond acceptors (Lipinski definition) is 0. The van der Waals surface area contributed by atoms with E-state index in [4.69, 9.17) is 0 Å². The van der Waals surface area contributed by atoms with E-state index in [0.29, 0.717) is 5.56 Å². The molecule has 0 radical (unpaired) electrons. The summed E-state index contributed by atoms with van der Waals surface area (Å²) in [6.07, 6.45) is -4.34. The maximum atomic E-state index is 12.7. The van der Waals surface area contributed by atoms with Gasteiger partial charge in [-0.05, 0) is 62.6 Å². The van der Waals surface area contributed by atoms with Gasteiger partial charge in [0.25, 0.3) is 0 Å². The fourth-order valence-electron chi connectivity index (χ4n) is 3.73. The zero-order valence-corrected chi connectivity index (χ0v) is 14.6. The van der Waals surface area contributed by atoms with Crippen molar-refractivity contribution in [2.75, 3.05) is 0 Å². The van der Waals surface area contributed by atoms with Gasteiger partial charge in [-0.25, -0.2) is 0 Å². The molecule has 0 N–H and O–H groups in total. The molecular formula is C25H13F3. The molecule has 0 bridgehead atoms. The van der Waals surface area contributed by atoms with Gasteiger partial charge in [0.2, 0.25) is 0 Å². The average Bonchev–Trinajstić information content (AvgIpc) is 2.70. The summed E-state index contributed by atoms with van der Waals surface area (Å²) in [4.78, 5) is 0. The molecule has 28 heavy (non-hydrogen) atoms. The van der Waals surface area contributed by atoms with E-state index in [1.807, 2.05) is 18.2 Å². The second-order valence-corrected chi connectivity index (χ2v) is 6.79. The van der Waals surface area contributed by atoms with E-state index in [-0.39, 0.29) is 0 Å². The van der Waals surface area contributed by atoms with Crippen molar-refractivity contribution in [3.63, 3.8) is 0 Å². The first-order valence-electron chi connectivity index (χ1n) is 8.86. The highest BCUT2D eigenvalue weighted by Gasteiger charge is 2.29. The zero-order valence-electron chi connectivity index (χ0n) is 14.6. The third-order valence-electron chi connectivity index (χ3n) is 5.08. The van der Waals surface area contributed by atoms with Crippen LogP contribution in [0.25, 0.3) is 32.3 Å². The Bertz CT molecular complexity index is 1370. The summed E-state index contributed by atoms with van der Waals surface area (Å²) < 4.78 is 38.1. The van der Waals surface area contributed by atoms with E-state index in [1.54, 1.807) is 0 Å². The standard InChI is InChI=1S/C25H13F3/c26-25(27,28)21-13-5-16(6-14-21)4-7-17-8-9-20-11-10-18-2-1-3-19-12-15-22(17)24(20)23(18)19/h1-3,5-6,8-15H. The minimum atomic E-state index is -4.34. The van der Waals surface area contributed by atoms with Crippen molar-refractivity contribution < 1.29 is 13.2 Å². The van der Waals surface area contributed by atoms with E-state index in [0.717, 1.165) is 28.5 Å². The van der Waals surface area contributed by atoms with Gasteiger partial charge < -0.3 is 0 Å². The highest BCUT2D eigenvalue weighted by atomic mass is 19.4. The lowest BCUT2D eigenvalue weighted by Gasteiger charge is -2.11. The van der Waals surface area contributed by atoms with Gasteiger partial charge in [0.15, 0.2) is 0 Å². The first-order valence-corrected chi connectivity index (χ1v) is 8.86. The van der Waals surface area contributed by atoms with Crippen molar-refractivity contribution in [2.24, 2.45) is 0 Å². The molecule has 0 saturated carbocycles. The Kier molecular flexibility index (Phi) is 3.57. The van der Waals surface area contributed by atoms with E-state index in [1.165, 1.54) is 33.7 Å². The predicted octanol–water partition coefficient (Wildman–Crippen LogP) is 7.00. The normalized spacial score (nSPS) is 11.8. The Labute approximate surface area is 159 Å². The van der Waals surface area contributed by atoms with Crippen molar-refractivity contribution in [1.82, 2.24) is 0 Å². The van der Waals surface area contributed by atoms with Crippen LogP contribution < -0.4 is 0 Å². The molecule has 5 rings (SSSR count). The molecule has 0 fully saturated rings. The maximum Gasteiger partial charge on any atom is 0.416 e. The van der Waals surface area contributed by atoms with Gasteiger partial charge in [0.1, 0.15) is 0 Å². The van der Waals surface area contributed by atoms with Crippen molar-refractivity contribution in [3.8, 4) is 11.8 Å². The third-order valence-corrected chi connectivity index (χ3v) is 5.08. The van der Waals surface area contributed by atoms with Crippen molar-refractivity contribution in [2.45, 2.75) is 6.18 Å². The Morgan fingerprint density at radius 1 is 0.571 bits per heavy atom. The van der Waals surface area contributed by atoms with E-state index in [9.17, 15) is 13.2 Å². The van der Waals surface area contributed by atoms with Crippen LogP contribution in [-0.4, -0.2) is 0 Å². The summed E-state index contributed by atoms with van der Waals surface area (Å²) in [7, 11) is 0. The summed E-state index contributed by atoms with van der Waals surface area (Å²) in [6.45, 7) is 0. The number of benzene rings is 5. The Hall–Kier alpha value is -3.51. The summed E-state index contributed by atoms with van der Waals surface area (Å²) >= 11 is 0. The fourth-order valence-corrected chi connectivity index (χ4v) is 3.73. The molecule has 0 aromatic heterocycles. The molecule has 0 nitrogen and oxygen atoms in total. The quantitative estimate of drug-likeness (QED) is 0.203. The molecule has 5 aromatic rings. The van der Waals surface area contributed by atoms with Crippen LogP contribution in [0.2, 0.25) is 0 Å². The van der Waals surface area contributed by atoms with Crippen LogP contribution in [0.1, 0.15) is 16.7 Å². The summed E-state index contributed by atoms with van der Waals surface area (Å²) in [5.74, 6) is 6.14. The molecule has 0 atom stereocenters. The molecule has 0 unspecified atom stereocenters. The van der Waals surface area contributed by atoms with Gasteiger partial charge in [0, 0.05) is 11.1 Å². The first-order chi connectivity index (χ1) is 13.5. The van der Waals surface area contributed by atoms with Gasteiger partial charge in [0.05, 0.1) is 5.56 Å². The summed E-state index contributed by atoms with van der Waals surface area (Å²) in [5, 5.41) is 6.97. The van der Waals surface area contributed by atoms with Crippen molar-refractivity contribution in [1.29, 1.82) is 0 Å². The van der Waals surface area contributed by atoms with Gasteiger partial charge in [-0.3, -0.25) is 0 Å². The van der Waals surface area contributed by atoms with Crippen LogP contribution in [0.5, 0.6) is 0 Å². The topological polar surface area (TPSA) is 0 Å². The second-order valence-electron chi connectivity index (χ2n) is 6.79. The zero-order chi connectivity index (χ0) is 19.3. The lowest BCUT2D eigenvalue weighted by Crippen LogP contribution is -2.04. The van der Waals surface area contributed by atoms with Gasteiger partial charge >= 0.3 is 6.18 Å². The van der Waals surface area contributed by atoms with Crippen LogP contribution >= 0.6 is 0 Å². The lowest BCUT2D eigenvalue weighted by molar-refractivity contribution is -0.137. The number of halogens is 3. The van der Waals surface area contributed by atoms with E-state index in [2.05, 4.69) is 48.2 Å². The smallest absolute Gasteiger partial charge is 0.166 e. The highest BCUT2D eigenvalue weighted by Crippen LogP contribution is 2.35. The molecule has 3 heteroatoms. The van der Waals surface area contributed by atoms with Gasteiger partial charge in [-0.2, -0.15) is 13.2 Å². The van der Waals surface area contributed by atoms with Crippen LogP contribution in [0.3, 0.4) is 0 Å².